The highest BCUT2D eigenvalue weighted by molar-refractivity contribution is 7.92. The van der Waals surface area contributed by atoms with Gasteiger partial charge in [-0.15, -0.1) is 11.3 Å². The molecule has 0 unspecified atom stereocenters. The average molecular weight is 303 g/mol. The van der Waals surface area contributed by atoms with Crippen LogP contribution in [-0.2, 0) is 9.84 Å². The van der Waals surface area contributed by atoms with E-state index < -0.39 is 15.7 Å². The molecule has 2 rings (SSSR count). The van der Waals surface area contributed by atoms with Crippen LogP contribution in [0, 0.1) is 0 Å². The van der Waals surface area contributed by atoms with Crippen LogP contribution in [0.2, 0.25) is 0 Å². The molecule has 106 valence electrons. The van der Waals surface area contributed by atoms with E-state index >= 15 is 0 Å². The summed E-state index contributed by atoms with van der Waals surface area (Å²) in [6, 6.07) is 0. The lowest BCUT2D eigenvalue weighted by Crippen LogP contribution is -2.19. The number of nitrogens with two attached hydrogens (primary N) is 2. The van der Waals surface area contributed by atoms with Gasteiger partial charge in [0.05, 0.1) is 11.4 Å². The van der Waals surface area contributed by atoms with Gasteiger partial charge in [-0.25, -0.2) is 8.42 Å². The highest BCUT2D eigenvalue weighted by Crippen LogP contribution is 2.42. The summed E-state index contributed by atoms with van der Waals surface area (Å²) in [5, 5.41) is 0.561. The number of hydrogen-bond acceptors (Lipinski definition) is 6. The Bertz CT molecular complexity index is 601. The standard InChI is InChI=1S/C11H17N3O3S2/c1-2-19(16,17)9-7(12)8(10(13)15)18-11(9)14-5-3-4-6-14/h2-6,12H2,1H3,(H2,13,15). The first kappa shape index (κ1) is 14.1. The Morgan fingerprint density at radius 3 is 2.42 bits per heavy atom. The minimum Gasteiger partial charge on any atom is -0.396 e. The van der Waals surface area contributed by atoms with Gasteiger partial charge in [-0.05, 0) is 12.8 Å². The van der Waals surface area contributed by atoms with E-state index in [1.165, 1.54) is 0 Å². The number of carbonyl (C=O) groups excluding carboxylic acids is 1. The molecule has 1 amide bonds. The van der Waals surface area contributed by atoms with Crippen LogP contribution in [0.4, 0.5) is 10.7 Å². The number of hydrogen-bond donors (Lipinski definition) is 2. The molecule has 19 heavy (non-hydrogen) atoms. The summed E-state index contributed by atoms with van der Waals surface area (Å²) in [7, 11) is -3.47. The minimum atomic E-state index is -3.47. The molecule has 1 saturated heterocycles. The fraction of sp³-hybridized carbons (Fsp3) is 0.545. The van der Waals surface area contributed by atoms with Gasteiger partial charge in [-0.2, -0.15) is 0 Å². The molecular formula is C11H17N3O3S2. The fourth-order valence-corrected chi connectivity index (χ4v) is 4.88. The van der Waals surface area contributed by atoms with Crippen molar-refractivity contribution in [3.63, 3.8) is 0 Å². The molecule has 0 aliphatic carbocycles. The van der Waals surface area contributed by atoms with Gasteiger partial charge < -0.3 is 16.4 Å². The summed E-state index contributed by atoms with van der Waals surface area (Å²) in [6.07, 6.45) is 2.02. The summed E-state index contributed by atoms with van der Waals surface area (Å²) >= 11 is 1.08. The number of nitrogens with zero attached hydrogens (tertiary/aromatic N) is 1. The number of anilines is 2. The molecule has 4 N–H and O–H groups in total. The zero-order valence-electron chi connectivity index (χ0n) is 10.7. The molecule has 0 radical (unpaired) electrons. The second kappa shape index (κ2) is 5.01. The van der Waals surface area contributed by atoms with Crippen LogP contribution in [0.5, 0.6) is 0 Å². The first-order valence-corrected chi connectivity index (χ1v) is 8.55. The van der Waals surface area contributed by atoms with E-state index in [4.69, 9.17) is 11.5 Å². The Morgan fingerprint density at radius 2 is 1.95 bits per heavy atom. The van der Waals surface area contributed by atoms with Crippen molar-refractivity contribution in [1.82, 2.24) is 0 Å². The normalized spacial score (nSPS) is 15.9. The highest BCUT2D eigenvalue weighted by Gasteiger charge is 2.31. The van der Waals surface area contributed by atoms with Crippen molar-refractivity contribution >= 4 is 37.8 Å². The van der Waals surface area contributed by atoms with Crippen LogP contribution in [0.1, 0.15) is 29.4 Å². The van der Waals surface area contributed by atoms with Gasteiger partial charge >= 0.3 is 0 Å². The van der Waals surface area contributed by atoms with Crippen molar-refractivity contribution in [2.45, 2.75) is 24.7 Å². The number of primary amides is 1. The van der Waals surface area contributed by atoms with E-state index in [1.807, 2.05) is 4.90 Å². The number of sulfone groups is 1. The largest absolute Gasteiger partial charge is 0.396 e. The molecule has 0 spiro atoms. The van der Waals surface area contributed by atoms with Gasteiger partial charge in [0.1, 0.15) is 14.8 Å². The number of amides is 1. The molecule has 6 nitrogen and oxygen atoms in total. The maximum absolute atomic E-state index is 12.2. The maximum Gasteiger partial charge on any atom is 0.261 e. The molecule has 0 aromatic carbocycles. The van der Waals surface area contributed by atoms with E-state index in [-0.39, 0.29) is 21.2 Å². The lowest BCUT2D eigenvalue weighted by atomic mass is 10.4. The second-order valence-corrected chi connectivity index (χ2v) is 7.66. The molecule has 0 bridgehead atoms. The molecule has 0 saturated carbocycles. The van der Waals surface area contributed by atoms with E-state index in [0.717, 1.165) is 37.3 Å². The Morgan fingerprint density at radius 1 is 1.37 bits per heavy atom. The number of carbonyl (C=O) groups is 1. The van der Waals surface area contributed by atoms with Gasteiger partial charge in [-0.1, -0.05) is 6.92 Å². The Balaban J connectivity index is 2.64. The number of thiophene rings is 1. The molecule has 1 fully saturated rings. The zero-order valence-corrected chi connectivity index (χ0v) is 12.3. The van der Waals surface area contributed by atoms with Crippen molar-refractivity contribution in [2.75, 3.05) is 29.5 Å². The lowest BCUT2D eigenvalue weighted by molar-refractivity contribution is 0.100. The molecule has 1 aliphatic rings. The maximum atomic E-state index is 12.2. The van der Waals surface area contributed by atoms with Gasteiger partial charge in [0.15, 0.2) is 9.84 Å². The summed E-state index contributed by atoms with van der Waals surface area (Å²) in [6.45, 7) is 3.12. The molecule has 8 heteroatoms. The van der Waals surface area contributed by atoms with Crippen LogP contribution in [0.3, 0.4) is 0 Å². The monoisotopic (exact) mass is 303 g/mol. The topological polar surface area (TPSA) is 106 Å². The summed E-state index contributed by atoms with van der Waals surface area (Å²) in [5.41, 5.74) is 11.1. The van der Waals surface area contributed by atoms with Crippen molar-refractivity contribution in [3.8, 4) is 0 Å². The smallest absolute Gasteiger partial charge is 0.261 e. The van der Waals surface area contributed by atoms with Gasteiger partial charge in [0.25, 0.3) is 5.91 Å². The Labute approximate surface area is 116 Å². The molecule has 2 heterocycles. The third-order valence-electron chi connectivity index (χ3n) is 3.19. The molecule has 1 aromatic rings. The minimum absolute atomic E-state index is 0.00116. The quantitative estimate of drug-likeness (QED) is 0.856. The van der Waals surface area contributed by atoms with E-state index in [9.17, 15) is 13.2 Å². The average Bonchev–Trinajstić information content (AvgIpc) is 2.95. The SMILES string of the molecule is CCS(=O)(=O)c1c(N2CCCC2)sc(C(N)=O)c1N. The van der Waals surface area contributed by atoms with Crippen LogP contribution in [0.25, 0.3) is 0 Å². The highest BCUT2D eigenvalue weighted by atomic mass is 32.2. The van der Waals surface area contributed by atoms with Gasteiger partial charge in [0, 0.05) is 13.1 Å². The third kappa shape index (κ3) is 2.42. The summed E-state index contributed by atoms with van der Waals surface area (Å²) in [5.74, 6) is -0.729. The molecule has 1 aromatic heterocycles. The number of nitrogen functional groups attached to an aromatic ring is 1. The van der Waals surface area contributed by atoms with Crippen molar-refractivity contribution < 1.29 is 13.2 Å². The molecular weight excluding hydrogens is 286 g/mol. The predicted molar refractivity (Wildman–Crippen MR) is 76.4 cm³/mol. The van der Waals surface area contributed by atoms with Crippen LogP contribution < -0.4 is 16.4 Å². The van der Waals surface area contributed by atoms with Crippen molar-refractivity contribution in [2.24, 2.45) is 5.73 Å². The van der Waals surface area contributed by atoms with Crippen LogP contribution in [0.15, 0.2) is 4.90 Å². The Hall–Kier alpha value is -1.28. The second-order valence-electron chi connectivity index (χ2n) is 4.44. The zero-order chi connectivity index (χ0) is 14.2. The van der Waals surface area contributed by atoms with Crippen LogP contribution in [-0.4, -0.2) is 33.2 Å². The number of rotatable bonds is 4. The first-order chi connectivity index (χ1) is 8.88. The Kier molecular flexibility index (Phi) is 3.73. The summed E-state index contributed by atoms with van der Waals surface area (Å²) < 4.78 is 24.4. The van der Waals surface area contributed by atoms with E-state index in [1.54, 1.807) is 6.92 Å². The lowest BCUT2D eigenvalue weighted by Gasteiger charge is -2.17. The van der Waals surface area contributed by atoms with Gasteiger partial charge in [0.2, 0.25) is 0 Å². The molecule has 0 atom stereocenters. The van der Waals surface area contributed by atoms with E-state index in [0.29, 0.717) is 5.00 Å². The summed E-state index contributed by atoms with van der Waals surface area (Å²) in [4.78, 5) is 13.5. The van der Waals surface area contributed by atoms with Crippen LogP contribution >= 0.6 is 11.3 Å². The van der Waals surface area contributed by atoms with Crippen molar-refractivity contribution in [3.05, 3.63) is 4.88 Å². The fourth-order valence-electron chi connectivity index (χ4n) is 2.17. The molecule has 1 aliphatic heterocycles. The van der Waals surface area contributed by atoms with Crippen molar-refractivity contribution in [1.29, 1.82) is 0 Å². The van der Waals surface area contributed by atoms with Gasteiger partial charge in [-0.3, -0.25) is 4.79 Å². The third-order valence-corrected chi connectivity index (χ3v) is 6.40. The van der Waals surface area contributed by atoms with E-state index in [2.05, 4.69) is 0 Å². The first-order valence-electron chi connectivity index (χ1n) is 6.08. The predicted octanol–water partition coefficient (Wildman–Crippen LogP) is 0.823.